The molecule has 0 fully saturated rings. The summed E-state index contributed by atoms with van der Waals surface area (Å²) in [6, 6.07) is 3.62. The van der Waals surface area contributed by atoms with Crippen LogP contribution in [0.25, 0.3) is 0 Å². The minimum Gasteiger partial charge on any atom is -0.323 e. The molecule has 0 saturated heterocycles. The van der Waals surface area contributed by atoms with Crippen LogP contribution in [0, 0.1) is 5.82 Å². The average molecular weight is 229 g/mol. The van der Waals surface area contributed by atoms with Gasteiger partial charge in [-0.3, -0.25) is 0 Å². The van der Waals surface area contributed by atoms with Crippen molar-refractivity contribution < 1.29 is 12.8 Å². The minimum absolute atomic E-state index is 0.204. The Morgan fingerprint density at radius 3 is 2.67 bits per heavy atom. The van der Waals surface area contributed by atoms with Crippen molar-refractivity contribution in [2.24, 2.45) is 5.73 Å². The Balaban J connectivity index is 2.75. The quantitative estimate of drug-likeness (QED) is 0.791. The van der Waals surface area contributed by atoms with Gasteiger partial charge in [0.1, 0.15) is 10.7 Å². The van der Waals surface area contributed by atoms with E-state index in [1.807, 2.05) is 0 Å². The SMILES string of the molecule is CCC1C(N)c2cccc(F)c2S1(=O)=O. The number of hydrogen-bond donors (Lipinski definition) is 1. The summed E-state index contributed by atoms with van der Waals surface area (Å²) in [5.74, 6) is -0.695. The Bertz CT molecular complexity index is 498. The fourth-order valence-electron chi connectivity index (χ4n) is 2.11. The van der Waals surface area contributed by atoms with E-state index in [-0.39, 0.29) is 4.90 Å². The Kier molecular flexibility index (Phi) is 2.31. The fraction of sp³-hybridized carbons (Fsp3) is 0.400. The zero-order valence-electron chi connectivity index (χ0n) is 8.27. The zero-order chi connectivity index (χ0) is 11.2. The Labute approximate surface area is 88.0 Å². The number of fused-ring (bicyclic) bond motifs is 1. The third-order valence-corrected chi connectivity index (χ3v) is 5.27. The van der Waals surface area contributed by atoms with Crippen LogP contribution >= 0.6 is 0 Å². The molecule has 0 saturated carbocycles. The first-order chi connectivity index (χ1) is 7.00. The predicted molar refractivity (Wildman–Crippen MR) is 54.6 cm³/mol. The molecule has 0 aliphatic carbocycles. The van der Waals surface area contributed by atoms with Gasteiger partial charge in [0.05, 0.1) is 5.25 Å². The van der Waals surface area contributed by atoms with Crippen molar-refractivity contribution in [3.63, 3.8) is 0 Å². The maximum Gasteiger partial charge on any atom is 0.186 e. The molecule has 82 valence electrons. The number of sulfone groups is 1. The topological polar surface area (TPSA) is 60.2 Å². The van der Waals surface area contributed by atoms with E-state index in [2.05, 4.69) is 0 Å². The number of halogens is 1. The molecule has 1 aliphatic rings. The highest BCUT2D eigenvalue weighted by Gasteiger charge is 2.43. The molecule has 3 nitrogen and oxygen atoms in total. The molecule has 0 radical (unpaired) electrons. The highest BCUT2D eigenvalue weighted by molar-refractivity contribution is 7.92. The molecule has 0 aromatic heterocycles. The molecular formula is C10H12FNO2S. The van der Waals surface area contributed by atoms with Crippen LogP contribution in [0.4, 0.5) is 4.39 Å². The Hall–Kier alpha value is -0.940. The van der Waals surface area contributed by atoms with E-state index in [4.69, 9.17) is 5.73 Å². The third kappa shape index (κ3) is 1.30. The van der Waals surface area contributed by atoms with Crippen molar-refractivity contribution in [2.75, 3.05) is 0 Å². The van der Waals surface area contributed by atoms with Crippen molar-refractivity contribution in [1.29, 1.82) is 0 Å². The standard InChI is InChI=1S/C10H12FNO2S/c1-2-8-9(12)6-4-3-5-7(11)10(6)15(8,13)14/h3-5,8-9H,2,12H2,1H3. The van der Waals surface area contributed by atoms with Crippen LogP contribution in [-0.4, -0.2) is 13.7 Å². The summed E-state index contributed by atoms with van der Waals surface area (Å²) in [7, 11) is -3.58. The lowest BCUT2D eigenvalue weighted by atomic mass is 10.0. The molecule has 2 atom stereocenters. The molecule has 5 heteroatoms. The first-order valence-electron chi connectivity index (χ1n) is 4.78. The predicted octanol–water partition coefficient (Wildman–Crippen LogP) is 1.39. The van der Waals surface area contributed by atoms with E-state index in [0.29, 0.717) is 12.0 Å². The van der Waals surface area contributed by atoms with E-state index >= 15 is 0 Å². The second-order valence-electron chi connectivity index (χ2n) is 3.68. The third-order valence-electron chi connectivity index (χ3n) is 2.84. The second-order valence-corrected chi connectivity index (χ2v) is 5.78. The Morgan fingerprint density at radius 2 is 2.13 bits per heavy atom. The van der Waals surface area contributed by atoms with Crippen LogP contribution in [0.1, 0.15) is 24.9 Å². The van der Waals surface area contributed by atoms with Crippen LogP contribution < -0.4 is 5.73 Å². The van der Waals surface area contributed by atoms with Crippen molar-refractivity contribution >= 4 is 9.84 Å². The molecule has 2 unspecified atom stereocenters. The monoisotopic (exact) mass is 229 g/mol. The Morgan fingerprint density at radius 1 is 1.47 bits per heavy atom. The normalized spacial score (nSPS) is 27.7. The van der Waals surface area contributed by atoms with Gasteiger partial charge in [-0.1, -0.05) is 19.1 Å². The minimum atomic E-state index is -3.58. The van der Waals surface area contributed by atoms with Crippen molar-refractivity contribution in [2.45, 2.75) is 29.5 Å². The summed E-state index contributed by atoms with van der Waals surface area (Å²) in [5.41, 5.74) is 6.20. The summed E-state index contributed by atoms with van der Waals surface area (Å²) in [6.07, 6.45) is 0.400. The lowest BCUT2D eigenvalue weighted by Crippen LogP contribution is -2.25. The lowest BCUT2D eigenvalue weighted by molar-refractivity contribution is 0.560. The van der Waals surface area contributed by atoms with Crippen molar-refractivity contribution in [3.05, 3.63) is 29.6 Å². The highest BCUT2D eigenvalue weighted by atomic mass is 32.2. The van der Waals surface area contributed by atoms with Gasteiger partial charge in [-0.2, -0.15) is 0 Å². The maximum atomic E-state index is 13.4. The molecule has 1 aliphatic heterocycles. The summed E-state index contributed by atoms with van der Waals surface area (Å²) >= 11 is 0. The highest BCUT2D eigenvalue weighted by Crippen LogP contribution is 2.40. The number of rotatable bonds is 1. The maximum absolute atomic E-state index is 13.4. The largest absolute Gasteiger partial charge is 0.323 e. The van der Waals surface area contributed by atoms with Gasteiger partial charge < -0.3 is 5.73 Å². The van der Waals surface area contributed by atoms with E-state index < -0.39 is 26.9 Å². The van der Waals surface area contributed by atoms with Gasteiger partial charge in [0.2, 0.25) is 0 Å². The molecule has 1 aromatic carbocycles. The molecule has 1 heterocycles. The fourth-order valence-corrected chi connectivity index (χ4v) is 4.25. The molecular weight excluding hydrogens is 217 g/mol. The average Bonchev–Trinajstić information content (AvgIpc) is 2.36. The van der Waals surface area contributed by atoms with Crippen LogP contribution in [0.2, 0.25) is 0 Å². The molecule has 0 bridgehead atoms. The van der Waals surface area contributed by atoms with Crippen LogP contribution in [0.15, 0.2) is 23.1 Å². The molecule has 15 heavy (non-hydrogen) atoms. The van der Waals surface area contributed by atoms with Crippen molar-refractivity contribution in [3.8, 4) is 0 Å². The number of benzene rings is 1. The smallest absolute Gasteiger partial charge is 0.186 e. The van der Waals surface area contributed by atoms with Crippen LogP contribution in [0.3, 0.4) is 0 Å². The first-order valence-corrected chi connectivity index (χ1v) is 6.32. The van der Waals surface area contributed by atoms with Gasteiger partial charge in [-0.15, -0.1) is 0 Å². The molecule has 2 rings (SSSR count). The summed E-state index contributed by atoms with van der Waals surface area (Å²) in [4.78, 5) is -0.204. The summed E-state index contributed by atoms with van der Waals surface area (Å²) < 4.78 is 37.3. The van der Waals surface area contributed by atoms with Crippen LogP contribution in [-0.2, 0) is 9.84 Å². The summed E-state index contributed by atoms with van der Waals surface area (Å²) in [6.45, 7) is 1.74. The van der Waals surface area contributed by atoms with Crippen LogP contribution in [0.5, 0.6) is 0 Å². The van der Waals surface area contributed by atoms with E-state index in [1.165, 1.54) is 6.07 Å². The zero-order valence-corrected chi connectivity index (χ0v) is 9.09. The second kappa shape index (κ2) is 3.28. The first kappa shape index (κ1) is 10.6. The van der Waals surface area contributed by atoms with Gasteiger partial charge >= 0.3 is 0 Å². The van der Waals surface area contributed by atoms with Gasteiger partial charge in [0.15, 0.2) is 9.84 Å². The molecule has 0 spiro atoms. The number of hydrogen-bond acceptors (Lipinski definition) is 3. The van der Waals surface area contributed by atoms with E-state index in [0.717, 1.165) is 6.07 Å². The lowest BCUT2D eigenvalue weighted by Gasteiger charge is -2.11. The van der Waals surface area contributed by atoms with E-state index in [9.17, 15) is 12.8 Å². The number of nitrogens with two attached hydrogens (primary N) is 1. The van der Waals surface area contributed by atoms with E-state index in [1.54, 1.807) is 13.0 Å². The van der Waals surface area contributed by atoms with Gasteiger partial charge in [0, 0.05) is 6.04 Å². The molecule has 1 aromatic rings. The van der Waals surface area contributed by atoms with Gasteiger partial charge in [0.25, 0.3) is 0 Å². The molecule has 2 N–H and O–H groups in total. The van der Waals surface area contributed by atoms with Crippen molar-refractivity contribution in [1.82, 2.24) is 0 Å². The summed E-state index contributed by atoms with van der Waals surface area (Å²) in [5, 5.41) is -0.690. The molecule has 0 amide bonds. The van der Waals surface area contributed by atoms with Gasteiger partial charge in [-0.25, -0.2) is 12.8 Å². The van der Waals surface area contributed by atoms with Gasteiger partial charge in [-0.05, 0) is 18.1 Å².